The highest BCUT2D eigenvalue weighted by Gasteiger charge is 2.03. The smallest absolute Gasteiger partial charge is 0.268 e. The Morgan fingerprint density at radius 2 is 1.90 bits per heavy atom. The standard InChI is InChI=1S/C17H15NOS2/c1-11-4-6-13(7-5-11)14-8-15(20-10-14)9-16-17(19)18(3)12(2)21-16/h4-10H,2H2,1,3H3/b16-9-. The molecule has 0 amide bonds. The quantitative estimate of drug-likeness (QED) is 0.713. The Hall–Kier alpha value is -1.91. The number of aryl methyl sites for hydroxylation is 1. The zero-order chi connectivity index (χ0) is 15.0. The molecular weight excluding hydrogens is 298 g/mol. The largest absolute Gasteiger partial charge is 0.303 e. The van der Waals surface area contributed by atoms with E-state index in [0.717, 1.165) is 14.1 Å². The molecule has 0 atom stereocenters. The van der Waals surface area contributed by atoms with Crippen molar-refractivity contribution in [2.45, 2.75) is 6.92 Å². The maximum Gasteiger partial charge on any atom is 0.268 e. The molecule has 0 fully saturated rings. The van der Waals surface area contributed by atoms with Crippen molar-refractivity contribution < 1.29 is 0 Å². The Kier molecular flexibility index (Phi) is 3.66. The normalized spacial score (nSPS) is 12.0. The summed E-state index contributed by atoms with van der Waals surface area (Å²) in [5, 5.41) is 2.12. The lowest BCUT2D eigenvalue weighted by Crippen LogP contribution is -2.28. The minimum absolute atomic E-state index is 0.0234. The van der Waals surface area contributed by atoms with Crippen LogP contribution in [-0.2, 0) is 7.05 Å². The van der Waals surface area contributed by atoms with Crippen molar-refractivity contribution in [2.75, 3.05) is 0 Å². The Balaban J connectivity index is 2.02. The minimum Gasteiger partial charge on any atom is -0.303 e. The van der Waals surface area contributed by atoms with E-state index >= 15 is 0 Å². The summed E-state index contributed by atoms with van der Waals surface area (Å²) in [6.45, 7) is 5.95. The Morgan fingerprint density at radius 1 is 1.19 bits per heavy atom. The zero-order valence-electron chi connectivity index (χ0n) is 11.9. The van der Waals surface area contributed by atoms with Crippen LogP contribution in [0, 0.1) is 6.92 Å². The van der Waals surface area contributed by atoms with Crippen LogP contribution < -0.4 is 14.8 Å². The number of rotatable bonds is 2. The van der Waals surface area contributed by atoms with E-state index in [0.29, 0.717) is 0 Å². The molecule has 0 saturated carbocycles. The topological polar surface area (TPSA) is 22.0 Å². The van der Waals surface area contributed by atoms with Crippen LogP contribution in [0.3, 0.4) is 0 Å². The molecule has 0 bridgehead atoms. The molecule has 0 N–H and O–H groups in total. The molecule has 2 aromatic heterocycles. The monoisotopic (exact) mass is 313 g/mol. The van der Waals surface area contributed by atoms with Crippen molar-refractivity contribution in [2.24, 2.45) is 7.05 Å². The number of hydrogen-bond donors (Lipinski definition) is 0. The molecule has 0 saturated heterocycles. The first-order chi connectivity index (χ1) is 10.0. The number of thiophene rings is 1. The zero-order valence-corrected chi connectivity index (χ0v) is 13.6. The van der Waals surface area contributed by atoms with Crippen LogP contribution in [0.1, 0.15) is 10.4 Å². The van der Waals surface area contributed by atoms with Gasteiger partial charge in [0.05, 0.1) is 9.20 Å². The molecule has 0 unspecified atom stereocenters. The summed E-state index contributed by atoms with van der Waals surface area (Å²) in [5.74, 6) is 0. The van der Waals surface area contributed by atoms with Gasteiger partial charge in [0.1, 0.15) is 0 Å². The second-order valence-corrected chi connectivity index (χ2v) is 7.03. The lowest BCUT2D eigenvalue weighted by atomic mass is 10.1. The molecule has 0 aliphatic carbocycles. The van der Waals surface area contributed by atoms with Crippen molar-refractivity contribution >= 4 is 35.3 Å². The summed E-state index contributed by atoms with van der Waals surface area (Å²) in [6.07, 6.45) is 1.95. The van der Waals surface area contributed by atoms with Gasteiger partial charge in [0.25, 0.3) is 5.56 Å². The average Bonchev–Trinajstić information content (AvgIpc) is 3.02. The summed E-state index contributed by atoms with van der Waals surface area (Å²) < 4.78 is 3.10. The molecule has 106 valence electrons. The molecule has 3 aromatic rings. The van der Waals surface area contributed by atoms with E-state index in [4.69, 9.17) is 0 Å². The van der Waals surface area contributed by atoms with Crippen LogP contribution in [0.4, 0.5) is 0 Å². The van der Waals surface area contributed by atoms with Crippen molar-refractivity contribution in [3.8, 4) is 11.1 Å². The summed E-state index contributed by atoms with van der Waals surface area (Å²) in [5.41, 5.74) is 3.67. The number of benzene rings is 1. The van der Waals surface area contributed by atoms with Crippen molar-refractivity contribution in [3.63, 3.8) is 0 Å². The van der Waals surface area contributed by atoms with Crippen LogP contribution in [0.25, 0.3) is 23.8 Å². The molecule has 21 heavy (non-hydrogen) atoms. The molecule has 1 aromatic carbocycles. The fourth-order valence-corrected chi connectivity index (χ4v) is 3.87. The average molecular weight is 313 g/mol. The van der Waals surface area contributed by atoms with Gasteiger partial charge < -0.3 is 4.57 Å². The Morgan fingerprint density at radius 3 is 2.52 bits per heavy atom. The molecule has 0 aliphatic rings. The first kappa shape index (κ1) is 14.0. The SMILES string of the molecule is C=c1s/c(=C\c2cc(-c3ccc(C)cc3)cs2)c(=O)n1C. The van der Waals surface area contributed by atoms with E-state index in [-0.39, 0.29) is 5.56 Å². The van der Waals surface area contributed by atoms with E-state index in [1.165, 1.54) is 28.0 Å². The van der Waals surface area contributed by atoms with Gasteiger partial charge in [-0.05, 0) is 35.6 Å². The molecule has 4 heteroatoms. The van der Waals surface area contributed by atoms with E-state index in [9.17, 15) is 4.79 Å². The number of aromatic nitrogens is 1. The van der Waals surface area contributed by atoms with Crippen LogP contribution in [0.5, 0.6) is 0 Å². The van der Waals surface area contributed by atoms with Gasteiger partial charge in [-0.3, -0.25) is 4.79 Å². The molecular formula is C17H15NOS2. The summed E-state index contributed by atoms with van der Waals surface area (Å²) in [4.78, 5) is 13.1. The second-order valence-electron chi connectivity index (χ2n) is 4.97. The van der Waals surface area contributed by atoms with E-state index in [2.05, 4.69) is 49.2 Å². The van der Waals surface area contributed by atoms with Crippen molar-refractivity contribution in [3.05, 3.63) is 65.7 Å². The van der Waals surface area contributed by atoms with Crippen LogP contribution in [-0.4, -0.2) is 4.57 Å². The third-order valence-electron chi connectivity index (χ3n) is 3.40. The van der Waals surface area contributed by atoms with E-state index < -0.39 is 0 Å². The first-order valence-corrected chi connectivity index (χ1v) is 8.26. The highest BCUT2D eigenvalue weighted by Crippen LogP contribution is 2.26. The van der Waals surface area contributed by atoms with Gasteiger partial charge in [-0.25, -0.2) is 0 Å². The number of hydrogen-bond acceptors (Lipinski definition) is 3. The van der Waals surface area contributed by atoms with Gasteiger partial charge in [0, 0.05) is 11.9 Å². The predicted octanol–water partition coefficient (Wildman–Crippen LogP) is 2.72. The van der Waals surface area contributed by atoms with E-state index in [1.807, 2.05) is 6.08 Å². The lowest BCUT2D eigenvalue weighted by Gasteiger charge is -1.97. The lowest BCUT2D eigenvalue weighted by molar-refractivity contribution is 0.859. The van der Waals surface area contributed by atoms with E-state index in [1.54, 1.807) is 23.0 Å². The van der Waals surface area contributed by atoms with Gasteiger partial charge >= 0.3 is 0 Å². The molecule has 0 radical (unpaired) electrons. The maximum atomic E-state index is 12.0. The van der Waals surface area contributed by atoms with Gasteiger partial charge in [-0.15, -0.1) is 22.7 Å². The maximum absolute atomic E-state index is 12.0. The minimum atomic E-state index is 0.0234. The molecule has 2 heterocycles. The van der Waals surface area contributed by atoms with Gasteiger partial charge in [0.2, 0.25) is 0 Å². The van der Waals surface area contributed by atoms with Crippen molar-refractivity contribution in [1.82, 2.24) is 4.57 Å². The first-order valence-electron chi connectivity index (χ1n) is 6.56. The molecule has 0 spiro atoms. The van der Waals surface area contributed by atoms with Crippen molar-refractivity contribution in [1.29, 1.82) is 0 Å². The highest BCUT2D eigenvalue weighted by atomic mass is 32.1. The third-order valence-corrected chi connectivity index (χ3v) is 5.30. The molecule has 2 nitrogen and oxygen atoms in total. The van der Waals surface area contributed by atoms with Gasteiger partial charge in [-0.1, -0.05) is 36.4 Å². The molecule has 0 aliphatic heterocycles. The Bertz CT molecular complexity index is 942. The highest BCUT2D eigenvalue weighted by molar-refractivity contribution is 7.11. The predicted molar refractivity (Wildman–Crippen MR) is 92.4 cm³/mol. The Labute approximate surface area is 130 Å². The summed E-state index contributed by atoms with van der Waals surface area (Å²) in [7, 11) is 1.75. The number of thiazole rings is 1. The fourth-order valence-electron chi connectivity index (χ4n) is 2.06. The number of nitrogens with zero attached hydrogens (tertiary/aromatic N) is 1. The van der Waals surface area contributed by atoms with Gasteiger partial charge in [-0.2, -0.15) is 0 Å². The fraction of sp³-hybridized carbons (Fsp3) is 0.118. The summed E-state index contributed by atoms with van der Waals surface area (Å²) >= 11 is 3.08. The third kappa shape index (κ3) is 2.77. The van der Waals surface area contributed by atoms with Crippen LogP contribution >= 0.6 is 22.7 Å². The van der Waals surface area contributed by atoms with Crippen LogP contribution in [0.2, 0.25) is 0 Å². The second kappa shape index (κ2) is 5.47. The molecule has 3 rings (SSSR count). The van der Waals surface area contributed by atoms with Crippen LogP contribution in [0.15, 0.2) is 40.5 Å². The summed E-state index contributed by atoms with van der Waals surface area (Å²) in [6, 6.07) is 10.6. The van der Waals surface area contributed by atoms with Gasteiger partial charge in [0.15, 0.2) is 0 Å².